The first-order chi connectivity index (χ1) is 11.6. The van der Waals surface area contributed by atoms with E-state index in [1.807, 2.05) is 48.5 Å². The lowest BCUT2D eigenvalue weighted by Crippen LogP contribution is -2.23. The fourth-order valence-corrected chi connectivity index (χ4v) is 2.12. The van der Waals surface area contributed by atoms with E-state index in [1.54, 1.807) is 6.07 Å². The minimum absolute atomic E-state index is 0.566. The fraction of sp³-hybridized carbons (Fsp3) is 0.316. The van der Waals surface area contributed by atoms with E-state index >= 15 is 0 Å². The number of hydrogen-bond acceptors (Lipinski definition) is 4. The third kappa shape index (κ3) is 6.30. The third-order valence-corrected chi connectivity index (χ3v) is 3.40. The summed E-state index contributed by atoms with van der Waals surface area (Å²) in [7, 11) is 0. The molecule has 0 saturated carbocycles. The highest BCUT2D eigenvalue weighted by Gasteiger charge is 2.12. The van der Waals surface area contributed by atoms with Crippen LogP contribution in [0.1, 0.15) is 18.9 Å². The number of carboxylic acids is 1. The molecule has 0 fully saturated rings. The molecule has 0 aromatic heterocycles. The average molecular weight is 329 g/mol. The average Bonchev–Trinajstić information content (AvgIpc) is 2.59. The Bertz CT molecular complexity index is 630. The first-order valence-electron chi connectivity index (χ1n) is 8.02. The molecule has 0 radical (unpaired) electrons. The van der Waals surface area contributed by atoms with Crippen LogP contribution in [0, 0.1) is 0 Å². The molecule has 2 rings (SSSR count). The predicted molar refractivity (Wildman–Crippen MR) is 92.4 cm³/mol. The lowest BCUT2D eigenvalue weighted by atomic mass is 10.2. The molecule has 128 valence electrons. The van der Waals surface area contributed by atoms with Gasteiger partial charge in [-0.05, 0) is 49.7 Å². The van der Waals surface area contributed by atoms with Gasteiger partial charge in [0.05, 0.1) is 6.61 Å². The van der Waals surface area contributed by atoms with Gasteiger partial charge in [-0.15, -0.1) is 0 Å². The second-order valence-corrected chi connectivity index (χ2v) is 5.44. The minimum atomic E-state index is -0.975. The van der Waals surface area contributed by atoms with Crippen LogP contribution in [0.2, 0.25) is 0 Å². The van der Waals surface area contributed by atoms with Gasteiger partial charge < -0.3 is 19.9 Å². The molecule has 0 bridgehead atoms. The van der Waals surface area contributed by atoms with Gasteiger partial charge >= 0.3 is 5.97 Å². The zero-order valence-electron chi connectivity index (χ0n) is 13.8. The molecule has 0 spiro atoms. The Balaban J connectivity index is 1.66. The molecule has 0 amide bonds. The summed E-state index contributed by atoms with van der Waals surface area (Å²) in [6.07, 6.45) is 0.0459. The van der Waals surface area contributed by atoms with Crippen molar-refractivity contribution in [2.24, 2.45) is 0 Å². The summed E-state index contributed by atoms with van der Waals surface area (Å²) < 4.78 is 11.0. The Hall–Kier alpha value is -2.53. The highest BCUT2D eigenvalue weighted by Crippen LogP contribution is 2.15. The van der Waals surface area contributed by atoms with E-state index in [0.29, 0.717) is 18.9 Å². The SMILES string of the molecule is CC(Oc1cccc(CNCCCOc2ccccc2)c1)C(=O)O. The Morgan fingerprint density at radius 3 is 2.62 bits per heavy atom. The molecule has 0 aliphatic rings. The first-order valence-corrected chi connectivity index (χ1v) is 8.02. The zero-order valence-corrected chi connectivity index (χ0v) is 13.8. The van der Waals surface area contributed by atoms with Gasteiger partial charge in [-0.2, -0.15) is 0 Å². The highest BCUT2D eigenvalue weighted by molar-refractivity contribution is 5.72. The van der Waals surface area contributed by atoms with E-state index in [9.17, 15) is 4.79 Å². The van der Waals surface area contributed by atoms with Crippen molar-refractivity contribution in [1.29, 1.82) is 0 Å². The summed E-state index contributed by atoms with van der Waals surface area (Å²) in [5, 5.41) is 12.2. The highest BCUT2D eigenvalue weighted by atomic mass is 16.5. The van der Waals surface area contributed by atoms with E-state index in [1.165, 1.54) is 6.92 Å². The number of hydrogen-bond donors (Lipinski definition) is 2. The van der Waals surface area contributed by atoms with Crippen LogP contribution in [-0.2, 0) is 11.3 Å². The molecule has 24 heavy (non-hydrogen) atoms. The van der Waals surface area contributed by atoms with Crippen LogP contribution in [0.3, 0.4) is 0 Å². The molecule has 1 unspecified atom stereocenters. The van der Waals surface area contributed by atoms with E-state index < -0.39 is 12.1 Å². The number of rotatable bonds is 10. The van der Waals surface area contributed by atoms with Gasteiger partial charge in [0, 0.05) is 6.54 Å². The topological polar surface area (TPSA) is 67.8 Å². The molecule has 0 aliphatic carbocycles. The lowest BCUT2D eigenvalue weighted by molar-refractivity contribution is -0.144. The van der Waals surface area contributed by atoms with Gasteiger partial charge in [0.25, 0.3) is 0 Å². The number of carboxylic acid groups (broad SMARTS) is 1. The second-order valence-electron chi connectivity index (χ2n) is 5.44. The van der Waals surface area contributed by atoms with Crippen molar-refractivity contribution in [3.8, 4) is 11.5 Å². The predicted octanol–water partition coefficient (Wildman–Crippen LogP) is 3.10. The van der Waals surface area contributed by atoms with Crippen molar-refractivity contribution in [2.75, 3.05) is 13.2 Å². The van der Waals surface area contributed by atoms with Gasteiger partial charge in [0.1, 0.15) is 11.5 Å². The van der Waals surface area contributed by atoms with Crippen LogP contribution in [0.5, 0.6) is 11.5 Å². The van der Waals surface area contributed by atoms with Crippen LogP contribution in [0.4, 0.5) is 0 Å². The number of ether oxygens (including phenoxy) is 2. The van der Waals surface area contributed by atoms with Crippen molar-refractivity contribution >= 4 is 5.97 Å². The van der Waals surface area contributed by atoms with Crippen molar-refractivity contribution in [3.05, 3.63) is 60.2 Å². The molecular formula is C19H23NO4. The summed E-state index contributed by atoms with van der Waals surface area (Å²) in [5.41, 5.74) is 1.05. The summed E-state index contributed by atoms with van der Waals surface area (Å²) >= 11 is 0. The second kappa shape index (κ2) is 9.57. The van der Waals surface area contributed by atoms with E-state index in [-0.39, 0.29) is 0 Å². The van der Waals surface area contributed by atoms with Crippen molar-refractivity contribution in [2.45, 2.75) is 26.0 Å². The van der Waals surface area contributed by atoms with Gasteiger partial charge in [-0.1, -0.05) is 30.3 Å². The van der Waals surface area contributed by atoms with Crippen LogP contribution in [-0.4, -0.2) is 30.3 Å². The Labute approximate surface area is 142 Å². The number of benzene rings is 2. The maximum absolute atomic E-state index is 10.8. The monoisotopic (exact) mass is 329 g/mol. The Morgan fingerprint density at radius 1 is 1.12 bits per heavy atom. The summed E-state index contributed by atoms with van der Waals surface area (Å²) in [6, 6.07) is 17.2. The number of carbonyl (C=O) groups is 1. The summed E-state index contributed by atoms with van der Waals surface area (Å²) in [6.45, 7) is 3.71. The summed E-state index contributed by atoms with van der Waals surface area (Å²) in [4.78, 5) is 10.8. The van der Waals surface area contributed by atoms with Crippen LogP contribution >= 0.6 is 0 Å². The van der Waals surface area contributed by atoms with Crippen LogP contribution in [0.25, 0.3) is 0 Å². The number of nitrogens with one attached hydrogen (secondary N) is 1. The molecule has 0 heterocycles. The largest absolute Gasteiger partial charge is 0.494 e. The summed E-state index contributed by atoms with van der Waals surface area (Å²) in [5.74, 6) is 0.475. The zero-order chi connectivity index (χ0) is 17.2. The fourth-order valence-electron chi connectivity index (χ4n) is 2.12. The van der Waals surface area contributed by atoms with E-state index in [0.717, 1.165) is 24.3 Å². The molecule has 5 heteroatoms. The van der Waals surface area contributed by atoms with Crippen molar-refractivity contribution in [3.63, 3.8) is 0 Å². The van der Waals surface area contributed by atoms with Gasteiger partial charge in [-0.3, -0.25) is 0 Å². The molecular weight excluding hydrogens is 306 g/mol. The van der Waals surface area contributed by atoms with Crippen molar-refractivity contribution < 1.29 is 19.4 Å². The number of aliphatic carboxylic acids is 1. The Kier molecular flexibility index (Phi) is 7.11. The molecule has 0 saturated heterocycles. The van der Waals surface area contributed by atoms with Gasteiger partial charge in [0.2, 0.25) is 0 Å². The maximum atomic E-state index is 10.8. The third-order valence-electron chi connectivity index (χ3n) is 3.40. The lowest BCUT2D eigenvalue weighted by Gasteiger charge is -2.12. The Morgan fingerprint density at radius 2 is 1.88 bits per heavy atom. The molecule has 1 atom stereocenters. The quantitative estimate of drug-likeness (QED) is 0.656. The minimum Gasteiger partial charge on any atom is -0.494 e. The molecule has 2 aromatic rings. The smallest absolute Gasteiger partial charge is 0.344 e. The van der Waals surface area contributed by atoms with Gasteiger partial charge in [0.15, 0.2) is 6.10 Å². The van der Waals surface area contributed by atoms with E-state index in [4.69, 9.17) is 14.6 Å². The molecule has 2 aromatic carbocycles. The number of para-hydroxylation sites is 1. The standard InChI is InChI=1S/C19H23NO4/c1-15(19(21)22)24-18-10-5-7-16(13-18)14-20-11-6-12-23-17-8-3-2-4-9-17/h2-5,7-10,13,15,20H,6,11-12,14H2,1H3,(H,21,22). The normalized spacial score (nSPS) is 11.7. The van der Waals surface area contributed by atoms with E-state index in [2.05, 4.69) is 5.32 Å². The molecule has 0 aliphatic heterocycles. The van der Waals surface area contributed by atoms with Crippen molar-refractivity contribution in [1.82, 2.24) is 5.32 Å². The first kappa shape index (κ1) is 17.8. The van der Waals surface area contributed by atoms with Crippen LogP contribution in [0.15, 0.2) is 54.6 Å². The maximum Gasteiger partial charge on any atom is 0.344 e. The molecule has 5 nitrogen and oxygen atoms in total. The van der Waals surface area contributed by atoms with Gasteiger partial charge in [-0.25, -0.2) is 4.79 Å². The molecule has 2 N–H and O–H groups in total. The van der Waals surface area contributed by atoms with Crippen LogP contribution < -0.4 is 14.8 Å².